The molecule has 1 unspecified atom stereocenters. The average Bonchev–Trinajstić information content (AvgIpc) is 2.99. The summed E-state index contributed by atoms with van der Waals surface area (Å²) < 4.78 is 5.71. The molecule has 0 saturated carbocycles. The molecule has 0 bridgehead atoms. The minimum Gasteiger partial charge on any atom is -0.471 e. The van der Waals surface area contributed by atoms with Crippen molar-refractivity contribution in [2.45, 2.75) is 12.5 Å². The number of urea groups is 1. The molecule has 0 aliphatic carbocycles. The van der Waals surface area contributed by atoms with Crippen LogP contribution in [0, 0.1) is 0 Å². The lowest BCUT2D eigenvalue weighted by Gasteiger charge is -2.18. The van der Waals surface area contributed by atoms with E-state index in [1.807, 2.05) is 12.1 Å². The van der Waals surface area contributed by atoms with Gasteiger partial charge >= 0.3 is 6.03 Å². The van der Waals surface area contributed by atoms with Crippen LogP contribution in [-0.2, 0) is 0 Å². The highest BCUT2D eigenvalue weighted by atomic mass is 35.5. The summed E-state index contributed by atoms with van der Waals surface area (Å²) in [7, 11) is 0. The summed E-state index contributed by atoms with van der Waals surface area (Å²) in [5.74, 6) is 0.473. The van der Waals surface area contributed by atoms with Gasteiger partial charge in [-0.05, 0) is 18.2 Å². The van der Waals surface area contributed by atoms with Crippen LogP contribution in [0.4, 0.5) is 10.5 Å². The highest BCUT2D eigenvalue weighted by Crippen LogP contribution is 2.22. The third-order valence-electron chi connectivity index (χ3n) is 3.38. The van der Waals surface area contributed by atoms with Gasteiger partial charge in [-0.1, -0.05) is 23.7 Å². The maximum atomic E-state index is 12.2. The Labute approximate surface area is 133 Å². The minimum absolute atomic E-state index is 0.0753. The SMILES string of the molecule is O=C(Nc1ccccc1Cl)N1CCC(Oc2cccnn2)C1. The van der Waals surface area contributed by atoms with Gasteiger partial charge in [0.2, 0.25) is 5.88 Å². The Morgan fingerprint density at radius 1 is 1.32 bits per heavy atom. The molecule has 6 nitrogen and oxygen atoms in total. The number of carbonyl (C=O) groups excluding carboxylic acids is 1. The maximum Gasteiger partial charge on any atom is 0.322 e. The first-order valence-electron chi connectivity index (χ1n) is 6.97. The van der Waals surface area contributed by atoms with Gasteiger partial charge < -0.3 is 15.0 Å². The number of anilines is 1. The summed E-state index contributed by atoms with van der Waals surface area (Å²) >= 11 is 6.04. The number of aromatic nitrogens is 2. The van der Waals surface area contributed by atoms with Gasteiger partial charge in [0.25, 0.3) is 0 Å². The molecule has 1 aromatic carbocycles. The largest absolute Gasteiger partial charge is 0.471 e. The zero-order valence-electron chi connectivity index (χ0n) is 11.8. The molecule has 114 valence electrons. The van der Waals surface area contributed by atoms with Gasteiger partial charge in [0.15, 0.2) is 0 Å². The summed E-state index contributed by atoms with van der Waals surface area (Å²) in [5, 5.41) is 11.0. The van der Waals surface area contributed by atoms with E-state index in [9.17, 15) is 4.79 Å². The number of benzene rings is 1. The van der Waals surface area contributed by atoms with Gasteiger partial charge in [-0.3, -0.25) is 0 Å². The van der Waals surface area contributed by atoms with Crippen LogP contribution in [-0.4, -0.2) is 40.3 Å². The molecule has 1 fully saturated rings. The second-order valence-electron chi connectivity index (χ2n) is 4.95. The molecule has 2 heterocycles. The number of nitrogens with one attached hydrogen (secondary N) is 1. The number of hydrogen-bond acceptors (Lipinski definition) is 4. The fourth-order valence-electron chi connectivity index (χ4n) is 2.29. The molecule has 1 aliphatic rings. The number of ether oxygens (including phenoxy) is 1. The highest BCUT2D eigenvalue weighted by Gasteiger charge is 2.28. The predicted molar refractivity (Wildman–Crippen MR) is 83.1 cm³/mol. The Bertz CT molecular complexity index is 653. The molecule has 1 aromatic heterocycles. The van der Waals surface area contributed by atoms with E-state index < -0.39 is 0 Å². The van der Waals surface area contributed by atoms with Crippen LogP contribution >= 0.6 is 11.6 Å². The topological polar surface area (TPSA) is 67.4 Å². The molecule has 2 amide bonds. The van der Waals surface area contributed by atoms with Crippen LogP contribution in [0.5, 0.6) is 5.88 Å². The first kappa shape index (κ1) is 14.6. The number of hydrogen-bond donors (Lipinski definition) is 1. The van der Waals surface area contributed by atoms with Crippen LogP contribution in [0.2, 0.25) is 5.02 Å². The Hall–Kier alpha value is -2.34. The van der Waals surface area contributed by atoms with Gasteiger partial charge in [0.1, 0.15) is 6.10 Å². The summed E-state index contributed by atoms with van der Waals surface area (Å²) in [6.45, 7) is 1.13. The van der Waals surface area contributed by atoms with Crippen molar-refractivity contribution in [1.82, 2.24) is 15.1 Å². The standard InChI is InChI=1S/C15H15ClN4O2/c16-12-4-1-2-5-13(12)18-15(21)20-9-7-11(10-20)22-14-6-3-8-17-19-14/h1-6,8,11H,7,9-10H2,(H,18,21). The zero-order valence-corrected chi connectivity index (χ0v) is 12.5. The Morgan fingerprint density at radius 2 is 2.18 bits per heavy atom. The van der Waals surface area contributed by atoms with Crippen molar-refractivity contribution in [2.75, 3.05) is 18.4 Å². The van der Waals surface area contributed by atoms with Gasteiger partial charge in [0.05, 0.1) is 17.3 Å². The van der Waals surface area contributed by atoms with Crippen molar-refractivity contribution < 1.29 is 9.53 Å². The number of halogens is 1. The van der Waals surface area contributed by atoms with Crippen molar-refractivity contribution in [3.63, 3.8) is 0 Å². The summed E-state index contributed by atoms with van der Waals surface area (Å²) in [6.07, 6.45) is 2.27. The first-order valence-corrected chi connectivity index (χ1v) is 7.35. The lowest BCUT2D eigenvalue weighted by Crippen LogP contribution is -2.34. The van der Waals surface area contributed by atoms with Crippen molar-refractivity contribution in [3.8, 4) is 5.88 Å². The number of nitrogens with zero attached hydrogens (tertiary/aromatic N) is 3. The Morgan fingerprint density at radius 3 is 2.95 bits per heavy atom. The minimum atomic E-state index is -0.182. The van der Waals surface area contributed by atoms with Gasteiger partial charge in [0, 0.05) is 25.2 Å². The summed E-state index contributed by atoms with van der Waals surface area (Å²) in [4.78, 5) is 13.9. The summed E-state index contributed by atoms with van der Waals surface area (Å²) in [6, 6.07) is 10.5. The fraction of sp³-hybridized carbons (Fsp3) is 0.267. The highest BCUT2D eigenvalue weighted by molar-refractivity contribution is 6.33. The van der Waals surface area contributed by atoms with Crippen LogP contribution in [0.25, 0.3) is 0 Å². The molecule has 0 spiro atoms. The number of rotatable bonds is 3. The molecule has 3 rings (SSSR count). The number of amides is 2. The van der Waals surface area contributed by atoms with Crippen molar-refractivity contribution in [3.05, 3.63) is 47.6 Å². The van der Waals surface area contributed by atoms with Gasteiger partial charge in [-0.25, -0.2) is 4.79 Å². The second kappa shape index (κ2) is 6.62. The van der Waals surface area contributed by atoms with E-state index in [1.54, 1.807) is 35.4 Å². The van der Waals surface area contributed by atoms with E-state index in [2.05, 4.69) is 15.5 Å². The monoisotopic (exact) mass is 318 g/mol. The van der Waals surface area contributed by atoms with Crippen molar-refractivity contribution in [1.29, 1.82) is 0 Å². The quantitative estimate of drug-likeness (QED) is 0.945. The van der Waals surface area contributed by atoms with Gasteiger partial charge in [-0.15, -0.1) is 5.10 Å². The zero-order chi connectivity index (χ0) is 15.4. The predicted octanol–water partition coefficient (Wildman–Crippen LogP) is 2.82. The van der Waals surface area contributed by atoms with Crippen molar-refractivity contribution >= 4 is 23.3 Å². The van der Waals surface area contributed by atoms with E-state index in [0.29, 0.717) is 29.7 Å². The molecular weight excluding hydrogens is 304 g/mol. The van der Waals surface area contributed by atoms with E-state index in [1.165, 1.54) is 0 Å². The number of para-hydroxylation sites is 1. The maximum absolute atomic E-state index is 12.2. The third-order valence-corrected chi connectivity index (χ3v) is 3.71. The summed E-state index contributed by atoms with van der Waals surface area (Å²) in [5.41, 5.74) is 0.604. The average molecular weight is 319 g/mol. The molecule has 22 heavy (non-hydrogen) atoms. The molecule has 1 N–H and O–H groups in total. The lowest BCUT2D eigenvalue weighted by atomic mass is 10.3. The molecule has 1 aliphatic heterocycles. The molecule has 2 aromatic rings. The molecular formula is C15H15ClN4O2. The van der Waals surface area contributed by atoms with E-state index in [4.69, 9.17) is 16.3 Å². The molecule has 1 atom stereocenters. The second-order valence-corrected chi connectivity index (χ2v) is 5.35. The first-order chi connectivity index (χ1) is 10.7. The normalized spacial score (nSPS) is 17.3. The van der Waals surface area contributed by atoms with Crippen LogP contribution in [0.1, 0.15) is 6.42 Å². The molecule has 0 radical (unpaired) electrons. The fourth-order valence-corrected chi connectivity index (χ4v) is 2.47. The third kappa shape index (κ3) is 3.46. The molecule has 7 heteroatoms. The molecule has 1 saturated heterocycles. The lowest BCUT2D eigenvalue weighted by molar-refractivity contribution is 0.188. The van der Waals surface area contributed by atoms with Crippen LogP contribution < -0.4 is 10.1 Å². The number of likely N-dealkylation sites (tertiary alicyclic amines) is 1. The number of carbonyl (C=O) groups is 1. The van der Waals surface area contributed by atoms with Crippen LogP contribution in [0.3, 0.4) is 0 Å². The van der Waals surface area contributed by atoms with Gasteiger partial charge in [-0.2, -0.15) is 5.10 Å². The Kier molecular flexibility index (Phi) is 4.39. The smallest absolute Gasteiger partial charge is 0.322 e. The van der Waals surface area contributed by atoms with Crippen molar-refractivity contribution in [2.24, 2.45) is 0 Å². The van der Waals surface area contributed by atoms with E-state index >= 15 is 0 Å². The Balaban J connectivity index is 1.56. The van der Waals surface area contributed by atoms with E-state index in [0.717, 1.165) is 6.42 Å². The van der Waals surface area contributed by atoms with E-state index in [-0.39, 0.29) is 12.1 Å². The van der Waals surface area contributed by atoms with Crippen LogP contribution in [0.15, 0.2) is 42.6 Å².